The molecule has 1 fully saturated rings. The number of benzene rings is 1. The highest BCUT2D eigenvalue weighted by molar-refractivity contribution is 5.71. The number of aromatic nitrogens is 2. The van der Waals surface area contributed by atoms with Gasteiger partial charge < -0.3 is 18.7 Å². The summed E-state index contributed by atoms with van der Waals surface area (Å²) in [5.41, 5.74) is 0.209. The van der Waals surface area contributed by atoms with Gasteiger partial charge in [-0.25, -0.2) is 0 Å². The molecule has 0 bridgehead atoms. The molecule has 1 aliphatic carbocycles. The number of esters is 1. The second-order valence-electron chi connectivity index (χ2n) is 9.98. The van der Waals surface area contributed by atoms with Crippen LogP contribution in [0.2, 0.25) is 0 Å². The summed E-state index contributed by atoms with van der Waals surface area (Å²) >= 11 is 0. The first-order valence-electron chi connectivity index (χ1n) is 12.1. The van der Waals surface area contributed by atoms with Gasteiger partial charge in [0.05, 0.1) is 20.6 Å². The number of carbonyl (C=O) groups is 1. The van der Waals surface area contributed by atoms with Gasteiger partial charge in [0, 0.05) is 17.5 Å². The van der Waals surface area contributed by atoms with Crippen molar-refractivity contribution in [3.8, 4) is 22.9 Å². The summed E-state index contributed by atoms with van der Waals surface area (Å²) in [6.45, 7) is 5.64. The molecule has 1 heterocycles. The Morgan fingerprint density at radius 2 is 1.76 bits per heavy atom. The number of methoxy groups -OCH3 is 2. The number of hydrogen-bond donors (Lipinski definition) is 0. The van der Waals surface area contributed by atoms with Crippen molar-refractivity contribution in [1.82, 2.24) is 10.1 Å². The van der Waals surface area contributed by atoms with E-state index in [0.29, 0.717) is 23.2 Å². The van der Waals surface area contributed by atoms with Crippen LogP contribution < -0.4 is 9.47 Å². The number of rotatable bonds is 10. The van der Waals surface area contributed by atoms with Crippen LogP contribution in [-0.4, -0.2) is 35.9 Å². The second kappa shape index (κ2) is 11.5. The fourth-order valence-corrected chi connectivity index (χ4v) is 4.48. The fourth-order valence-electron chi connectivity index (χ4n) is 4.48. The third kappa shape index (κ3) is 7.76. The van der Waals surface area contributed by atoms with Crippen molar-refractivity contribution >= 4 is 5.97 Å². The highest BCUT2D eigenvalue weighted by Crippen LogP contribution is 2.33. The van der Waals surface area contributed by atoms with E-state index in [0.717, 1.165) is 24.3 Å². The maximum Gasteiger partial charge on any atom is 0.307 e. The van der Waals surface area contributed by atoms with E-state index in [2.05, 4.69) is 10.1 Å². The Balaban J connectivity index is 1.75. The lowest BCUT2D eigenvalue weighted by atomic mass is 9.84. The summed E-state index contributed by atoms with van der Waals surface area (Å²) in [6, 6.07) is 5.47. The maximum atomic E-state index is 12.6. The van der Waals surface area contributed by atoms with Gasteiger partial charge in [0.25, 0.3) is 0 Å². The van der Waals surface area contributed by atoms with Gasteiger partial charge in [0.15, 0.2) is 0 Å². The van der Waals surface area contributed by atoms with Crippen LogP contribution in [0.4, 0.5) is 0 Å². The normalized spacial score (nSPS) is 15.8. The van der Waals surface area contributed by atoms with Crippen molar-refractivity contribution in [1.29, 1.82) is 0 Å². The molecular formula is C26H38N2O5. The molecule has 1 atom stereocenters. The predicted octanol–water partition coefficient (Wildman–Crippen LogP) is 6.32. The van der Waals surface area contributed by atoms with Crippen LogP contribution in [0.5, 0.6) is 11.5 Å². The van der Waals surface area contributed by atoms with E-state index in [4.69, 9.17) is 18.7 Å². The van der Waals surface area contributed by atoms with Gasteiger partial charge in [-0.1, -0.05) is 50.1 Å². The predicted molar refractivity (Wildman–Crippen MR) is 126 cm³/mol. The highest BCUT2D eigenvalue weighted by atomic mass is 16.6. The summed E-state index contributed by atoms with van der Waals surface area (Å²) in [5, 5.41) is 4.19. The van der Waals surface area contributed by atoms with E-state index in [9.17, 15) is 4.79 Å². The molecule has 1 unspecified atom stereocenters. The molecule has 0 saturated heterocycles. The number of hydrogen-bond acceptors (Lipinski definition) is 7. The number of ether oxygens (including phenoxy) is 3. The van der Waals surface area contributed by atoms with Crippen LogP contribution in [0, 0.1) is 5.92 Å². The van der Waals surface area contributed by atoms with E-state index in [1.54, 1.807) is 20.3 Å². The van der Waals surface area contributed by atoms with Crippen LogP contribution >= 0.6 is 0 Å². The molecule has 7 nitrogen and oxygen atoms in total. The quantitative estimate of drug-likeness (QED) is 0.385. The van der Waals surface area contributed by atoms with Crippen LogP contribution in [-0.2, 0) is 9.53 Å². The van der Waals surface area contributed by atoms with Crippen molar-refractivity contribution in [2.24, 2.45) is 5.92 Å². The first-order valence-corrected chi connectivity index (χ1v) is 12.1. The van der Waals surface area contributed by atoms with Crippen LogP contribution in [0.25, 0.3) is 11.4 Å². The summed E-state index contributed by atoms with van der Waals surface area (Å²) < 4.78 is 21.9. The molecule has 0 radical (unpaired) electrons. The lowest BCUT2D eigenvalue weighted by Gasteiger charge is -2.23. The summed E-state index contributed by atoms with van der Waals surface area (Å²) in [4.78, 5) is 17.3. The van der Waals surface area contributed by atoms with Gasteiger partial charge in [-0.15, -0.1) is 0 Å². The zero-order chi connectivity index (χ0) is 23.8. The lowest BCUT2D eigenvalue weighted by molar-refractivity contribution is -0.155. The van der Waals surface area contributed by atoms with Crippen LogP contribution in [0.3, 0.4) is 0 Å². The Labute approximate surface area is 197 Å². The molecular weight excluding hydrogens is 420 g/mol. The molecule has 182 valence electrons. The molecule has 1 aliphatic rings. The lowest BCUT2D eigenvalue weighted by Crippen LogP contribution is -2.25. The molecule has 7 heteroatoms. The Morgan fingerprint density at radius 3 is 2.36 bits per heavy atom. The Morgan fingerprint density at radius 1 is 1.09 bits per heavy atom. The van der Waals surface area contributed by atoms with Gasteiger partial charge in [0.1, 0.15) is 17.1 Å². The minimum Gasteiger partial charge on any atom is -0.497 e. The summed E-state index contributed by atoms with van der Waals surface area (Å²) in [6.07, 6.45) is 9.92. The van der Waals surface area contributed by atoms with Crippen LogP contribution in [0.15, 0.2) is 22.7 Å². The zero-order valence-electron chi connectivity index (χ0n) is 20.7. The molecule has 1 saturated carbocycles. The number of carbonyl (C=O) groups excluding carboxylic acids is 1. The molecule has 33 heavy (non-hydrogen) atoms. The minimum absolute atomic E-state index is 0.169. The van der Waals surface area contributed by atoms with Crippen molar-refractivity contribution < 1.29 is 23.5 Å². The first-order chi connectivity index (χ1) is 15.8. The van der Waals surface area contributed by atoms with Crippen molar-refractivity contribution in [2.75, 3.05) is 14.2 Å². The summed E-state index contributed by atoms with van der Waals surface area (Å²) in [5.74, 6) is 2.60. The topological polar surface area (TPSA) is 83.7 Å². The average Bonchev–Trinajstić information content (AvgIpc) is 3.28. The molecule has 0 amide bonds. The Bertz CT molecular complexity index is 874. The minimum atomic E-state index is -0.527. The molecule has 0 aliphatic heterocycles. The number of nitrogens with zero attached hydrogens (tertiary/aromatic N) is 2. The van der Waals surface area contributed by atoms with Gasteiger partial charge in [-0.3, -0.25) is 4.79 Å². The smallest absolute Gasteiger partial charge is 0.307 e. The van der Waals surface area contributed by atoms with Crippen molar-refractivity contribution in [3.05, 3.63) is 24.1 Å². The maximum absolute atomic E-state index is 12.6. The third-order valence-corrected chi connectivity index (χ3v) is 6.12. The van der Waals surface area contributed by atoms with E-state index in [1.807, 2.05) is 32.9 Å². The largest absolute Gasteiger partial charge is 0.497 e. The Hall–Kier alpha value is -2.57. The molecule has 0 N–H and O–H groups in total. The van der Waals surface area contributed by atoms with Gasteiger partial charge in [-0.05, 0) is 45.2 Å². The third-order valence-electron chi connectivity index (χ3n) is 6.12. The average molecular weight is 459 g/mol. The van der Waals surface area contributed by atoms with Crippen LogP contribution in [0.1, 0.15) is 90.4 Å². The van der Waals surface area contributed by atoms with Crippen molar-refractivity contribution in [3.63, 3.8) is 0 Å². The monoisotopic (exact) mass is 458 g/mol. The molecule has 0 spiro atoms. The molecule has 1 aromatic heterocycles. The SMILES string of the molecule is COc1cc(OC)cc(-c2noc(C(CCCC3CCCCC3)CC(=O)OC(C)(C)C)n2)c1. The molecule has 3 rings (SSSR count). The highest BCUT2D eigenvalue weighted by Gasteiger charge is 2.26. The van der Waals surface area contributed by atoms with Gasteiger partial charge in [0.2, 0.25) is 11.7 Å². The fraction of sp³-hybridized carbons (Fsp3) is 0.654. The van der Waals surface area contributed by atoms with E-state index >= 15 is 0 Å². The van der Waals surface area contributed by atoms with E-state index < -0.39 is 5.60 Å². The van der Waals surface area contributed by atoms with E-state index in [1.165, 1.54) is 38.5 Å². The summed E-state index contributed by atoms with van der Waals surface area (Å²) in [7, 11) is 3.20. The van der Waals surface area contributed by atoms with E-state index in [-0.39, 0.29) is 18.3 Å². The molecule has 2 aromatic rings. The zero-order valence-corrected chi connectivity index (χ0v) is 20.7. The Kier molecular flexibility index (Phi) is 8.75. The van der Waals surface area contributed by atoms with Gasteiger partial charge in [-0.2, -0.15) is 4.98 Å². The standard InChI is InChI=1S/C26H38N2O5/c1-26(2,3)32-23(29)16-19(13-9-12-18-10-7-6-8-11-18)25-27-24(28-33-25)20-14-21(30-4)17-22(15-20)31-5/h14-15,17-19H,6-13,16H2,1-5H3. The first kappa shape index (κ1) is 25.1. The van der Waals surface area contributed by atoms with Gasteiger partial charge >= 0.3 is 5.97 Å². The molecule has 1 aromatic carbocycles. The second-order valence-corrected chi connectivity index (χ2v) is 9.98. The van der Waals surface area contributed by atoms with Crippen molar-refractivity contribution in [2.45, 2.75) is 90.1 Å².